The first-order valence-corrected chi connectivity index (χ1v) is 8.87. The highest BCUT2D eigenvalue weighted by Gasteiger charge is 2.21. The third kappa shape index (κ3) is 4.37. The minimum atomic E-state index is -0.878. The molecule has 1 N–H and O–H groups in total. The first-order valence-electron chi connectivity index (χ1n) is 8.87. The van der Waals surface area contributed by atoms with E-state index in [0.717, 1.165) is 18.2 Å². The number of aryl methyl sites for hydroxylation is 1. The Morgan fingerprint density at radius 3 is 2.70 bits per heavy atom. The Morgan fingerprint density at radius 1 is 1.23 bits per heavy atom. The van der Waals surface area contributed by atoms with Crippen molar-refractivity contribution >= 4 is 34.2 Å². The Balaban J connectivity index is 1.68. The number of ether oxygens (including phenoxy) is 2. The van der Waals surface area contributed by atoms with Gasteiger partial charge in [0, 0.05) is 23.1 Å². The largest absolute Gasteiger partial charge is 0.494 e. The van der Waals surface area contributed by atoms with Gasteiger partial charge in [0.25, 0.3) is 11.6 Å². The second-order valence-electron chi connectivity index (χ2n) is 6.19. The van der Waals surface area contributed by atoms with Crippen molar-refractivity contribution in [3.8, 4) is 5.75 Å². The minimum Gasteiger partial charge on any atom is -0.494 e. The molecule has 156 valence electrons. The first-order chi connectivity index (χ1) is 14.3. The third-order valence-corrected chi connectivity index (χ3v) is 4.17. The van der Waals surface area contributed by atoms with Crippen LogP contribution in [0.5, 0.6) is 5.75 Å². The van der Waals surface area contributed by atoms with Gasteiger partial charge in [0.2, 0.25) is 5.76 Å². The third-order valence-electron chi connectivity index (χ3n) is 4.17. The number of rotatable bonds is 7. The second kappa shape index (κ2) is 8.60. The molecule has 0 aliphatic carbocycles. The van der Waals surface area contributed by atoms with Crippen molar-refractivity contribution in [1.82, 2.24) is 0 Å². The zero-order valence-electron chi connectivity index (χ0n) is 16.1. The number of carbonyl (C=O) groups excluding carboxylic acids is 2. The molecule has 0 saturated carbocycles. The number of hydrogen-bond donors (Lipinski definition) is 1. The number of nitrogens with one attached hydrogen (secondary N) is 1. The molecule has 0 saturated heterocycles. The molecule has 1 amide bonds. The molecule has 2 aromatic carbocycles. The summed E-state index contributed by atoms with van der Waals surface area (Å²) >= 11 is 0. The summed E-state index contributed by atoms with van der Waals surface area (Å²) in [7, 11) is 0. The average Bonchev–Trinajstić information content (AvgIpc) is 3.04. The van der Waals surface area contributed by atoms with E-state index in [1.165, 1.54) is 0 Å². The highest BCUT2D eigenvalue weighted by atomic mass is 19.1. The molecule has 3 rings (SSSR count). The molecule has 0 fully saturated rings. The highest BCUT2D eigenvalue weighted by Crippen LogP contribution is 2.29. The number of furan rings is 1. The number of non-ortho nitro benzene ring substituents is 1. The van der Waals surface area contributed by atoms with E-state index in [1.54, 1.807) is 25.1 Å². The monoisotopic (exact) mass is 416 g/mol. The van der Waals surface area contributed by atoms with Gasteiger partial charge in [-0.25, -0.2) is 9.18 Å². The van der Waals surface area contributed by atoms with Crippen molar-refractivity contribution in [3.05, 3.63) is 63.7 Å². The summed E-state index contributed by atoms with van der Waals surface area (Å²) in [6, 6.07) is 7.77. The van der Waals surface area contributed by atoms with Gasteiger partial charge >= 0.3 is 5.97 Å². The number of hydrogen-bond acceptors (Lipinski definition) is 7. The number of nitro groups is 1. The molecule has 0 atom stereocenters. The molecule has 0 spiro atoms. The lowest BCUT2D eigenvalue weighted by Gasteiger charge is -2.07. The predicted molar refractivity (Wildman–Crippen MR) is 104 cm³/mol. The smallest absolute Gasteiger partial charge is 0.375 e. The molecule has 9 nitrogen and oxygen atoms in total. The van der Waals surface area contributed by atoms with E-state index in [0.29, 0.717) is 28.9 Å². The van der Waals surface area contributed by atoms with E-state index in [1.807, 2.05) is 6.92 Å². The van der Waals surface area contributed by atoms with Crippen LogP contribution in [0.25, 0.3) is 11.0 Å². The molecule has 0 bridgehead atoms. The van der Waals surface area contributed by atoms with Crippen LogP contribution in [0.4, 0.5) is 15.8 Å². The molecular formula is C20H17FN2O7. The number of amides is 1. The zero-order valence-corrected chi connectivity index (χ0v) is 16.1. The van der Waals surface area contributed by atoms with Crippen LogP contribution in [0.1, 0.15) is 23.0 Å². The van der Waals surface area contributed by atoms with Crippen molar-refractivity contribution in [3.63, 3.8) is 0 Å². The Bertz CT molecular complexity index is 1140. The van der Waals surface area contributed by atoms with Crippen molar-refractivity contribution in [2.45, 2.75) is 13.8 Å². The number of halogens is 1. The van der Waals surface area contributed by atoms with E-state index in [4.69, 9.17) is 13.9 Å². The normalized spacial score (nSPS) is 10.6. The van der Waals surface area contributed by atoms with Gasteiger partial charge in [0.1, 0.15) is 17.1 Å². The van der Waals surface area contributed by atoms with Gasteiger partial charge in [-0.15, -0.1) is 0 Å². The van der Waals surface area contributed by atoms with E-state index in [2.05, 4.69) is 5.32 Å². The van der Waals surface area contributed by atoms with Gasteiger partial charge in [0.15, 0.2) is 6.61 Å². The van der Waals surface area contributed by atoms with E-state index >= 15 is 0 Å². The molecule has 0 aliphatic rings. The summed E-state index contributed by atoms with van der Waals surface area (Å²) in [5.41, 5.74) is 0.175. The fourth-order valence-electron chi connectivity index (χ4n) is 2.76. The minimum absolute atomic E-state index is 0.0759. The van der Waals surface area contributed by atoms with Crippen LogP contribution in [0.3, 0.4) is 0 Å². The van der Waals surface area contributed by atoms with Crippen LogP contribution in [0, 0.1) is 22.9 Å². The lowest BCUT2D eigenvalue weighted by Crippen LogP contribution is -2.21. The molecule has 0 unspecified atom stereocenters. The molecule has 3 aromatic rings. The zero-order chi connectivity index (χ0) is 21.8. The van der Waals surface area contributed by atoms with Crippen molar-refractivity contribution in [2.75, 3.05) is 18.5 Å². The van der Waals surface area contributed by atoms with E-state index in [9.17, 15) is 24.1 Å². The van der Waals surface area contributed by atoms with E-state index < -0.39 is 40.6 Å². The number of benzene rings is 2. The van der Waals surface area contributed by atoms with Crippen LogP contribution >= 0.6 is 0 Å². The number of nitrogens with zero attached hydrogens (tertiary/aromatic N) is 1. The average molecular weight is 416 g/mol. The summed E-state index contributed by atoms with van der Waals surface area (Å²) in [6.45, 7) is 3.26. The fraction of sp³-hybridized carbons (Fsp3) is 0.200. The van der Waals surface area contributed by atoms with Crippen LogP contribution < -0.4 is 10.1 Å². The predicted octanol–water partition coefficient (Wildman–Crippen LogP) is 3.98. The summed E-state index contributed by atoms with van der Waals surface area (Å²) in [4.78, 5) is 34.3. The summed E-state index contributed by atoms with van der Waals surface area (Å²) < 4.78 is 29.6. The topological polar surface area (TPSA) is 121 Å². The van der Waals surface area contributed by atoms with Crippen LogP contribution in [0.2, 0.25) is 0 Å². The van der Waals surface area contributed by atoms with Crippen LogP contribution in [-0.2, 0) is 9.53 Å². The van der Waals surface area contributed by atoms with Gasteiger partial charge in [-0.05, 0) is 38.1 Å². The molecule has 1 heterocycles. The fourth-order valence-corrected chi connectivity index (χ4v) is 2.76. The highest BCUT2D eigenvalue weighted by molar-refractivity contribution is 5.98. The number of nitro benzene ring substituents is 1. The maximum Gasteiger partial charge on any atom is 0.375 e. The van der Waals surface area contributed by atoms with Gasteiger partial charge in [0.05, 0.1) is 17.2 Å². The maximum atomic E-state index is 13.7. The van der Waals surface area contributed by atoms with E-state index in [-0.39, 0.29) is 5.76 Å². The van der Waals surface area contributed by atoms with Crippen LogP contribution in [0.15, 0.2) is 40.8 Å². The molecule has 30 heavy (non-hydrogen) atoms. The molecule has 0 aliphatic heterocycles. The Labute approximate surface area is 169 Å². The Kier molecular flexibility index (Phi) is 5.95. The molecule has 0 radical (unpaired) electrons. The van der Waals surface area contributed by atoms with Gasteiger partial charge < -0.3 is 19.2 Å². The first kappa shape index (κ1) is 20.8. The SMILES string of the molecule is CCOc1ccc2oc(C(=O)OCC(=O)Nc3cc([N+](=O)[O-])ccc3F)c(C)c2c1. The lowest BCUT2D eigenvalue weighted by atomic mass is 10.1. The van der Waals surface area contributed by atoms with Gasteiger partial charge in [-0.3, -0.25) is 14.9 Å². The van der Waals surface area contributed by atoms with Crippen LogP contribution in [-0.4, -0.2) is 30.0 Å². The lowest BCUT2D eigenvalue weighted by molar-refractivity contribution is -0.384. The van der Waals surface area contributed by atoms with Gasteiger partial charge in [-0.1, -0.05) is 0 Å². The van der Waals surface area contributed by atoms with Crippen molar-refractivity contribution in [1.29, 1.82) is 0 Å². The maximum absolute atomic E-state index is 13.7. The Morgan fingerprint density at radius 2 is 2.00 bits per heavy atom. The molecule has 1 aromatic heterocycles. The number of fused-ring (bicyclic) bond motifs is 1. The number of esters is 1. The quantitative estimate of drug-likeness (QED) is 0.351. The Hall–Kier alpha value is -3.95. The summed E-state index contributed by atoms with van der Waals surface area (Å²) in [5.74, 6) is -2.06. The second-order valence-corrected chi connectivity index (χ2v) is 6.19. The number of carbonyl (C=O) groups is 2. The number of anilines is 1. The van der Waals surface area contributed by atoms with Crippen molar-refractivity contribution in [2.24, 2.45) is 0 Å². The molecular weight excluding hydrogens is 399 g/mol. The van der Waals surface area contributed by atoms with Crippen molar-refractivity contribution < 1.29 is 32.8 Å². The standard InChI is InChI=1S/C20H17FN2O7/c1-3-28-13-5-7-17-14(9-13)11(2)19(30-17)20(25)29-10-18(24)22-16-8-12(23(26)27)4-6-15(16)21/h4-9H,3,10H2,1-2H3,(H,22,24). The molecule has 10 heteroatoms. The van der Waals surface area contributed by atoms with Gasteiger partial charge in [-0.2, -0.15) is 0 Å². The summed E-state index contributed by atoms with van der Waals surface area (Å²) in [5, 5.41) is 13.6. The summed E-state index contributed by atoms with van der Waals surface area (Å²) in [6.07, 6.45) is 0.